The van der Waals surface area contributed by atoms with Crippen LogP contribution in [0.5, 0.6) is 5.75 Å². The molecule has 16 heteroatoms. The number of rotatable bonds is 10. The molecule has 48 heavy (non-hydrogen) atoms. The van der Waals surface area contributed by atoms with E-state index >= 15 is 0 Å². The molecule has 3 aliphatic heterocycles. The molecule has 0 radical (unpaired) electrons. The van der Waals surface area contributed by atoms with Crippen molar-refractivity contribution in [2.45, 2.75) is 49.6 Å². The Morgan fingerprint density at radius 1 is 1.04 bits per heavy atom. The Morgan fingerprint density at radius 3 is 2.48 bits per heavy atom. The van der Waals surface area contributed by atoms with E-state index in [2.05, 4.69) is 20.6 Å². The van der Waals surface area contributed by atoms with Gasteiger partial charge >= 0.3 is 6.09 Å². The van der Waals surface area contributed by atoms with Crippen LogP contribution in [0.4, 0.5) is 25.1 Å². The molecule has 2 saturated heterocycles. The van der Waals surface area contributed by atoms with Crippen molar-refractivity contribution >= 4 is 33.5 Å². The molecule has 2 aromatic carbocycles. The molecule has 3 aliphatic rings. The third kappa shape index (κ3) is 7.46. The first-order valence-electron chi connectivity index (χ1n) is 15.9. The van der Waals surface area contributed by atoms with Crippen LogP contribution >= 0.6 is 0 Å². The van der Waals surface area contributed by atoms with Gasteiger partial charge in [-0.05, 0) is 63.0 Å². The van der Waals surface area contributed by atoms with E-state index in [9.17, 15) is 26.8 Å². The summed E-state index contributed by atoms with van der Waals surface area (Å²) in [4.78, 5) is 28.3. The lowest BCUT2D eigenvalue weighted by Gasteiger charge is -2.27. The second-order valence-electron chi connectivity index (χ2n) is 11.9. The minimum absolute atomic E-state index is 0.0182. The van der Waals surface area contributed by atoms with Crippen molar-refractivity contribution in [3.8, 4) is 5.75 Å². The molecule has 0 bridgehead atoms. The van der Waals surface area contributed by atoms with Gasteiger partial charge in [0.2, 0.25) is 10.0 Å². The van der Waals surface area contributed by atoms with E-state index in [0.29, 0.717) is 43.0 Å². The van der Waals surface area contributed by atoms with E-state index in [1.165, 1.54) is 20.0 Å². The van der Waals surface area contributed by atoms with Crippen LogP contribution < -0.4 is 15.4 Å². The number of methoxy groups -OCH3 is 1. The Labute approximate surface area is 277 Å². The average molecular weight is 689 g/mol. The van der Waals surface area contributed by atoms with E-state index in [1.54, 1.807) is 18.2 Å². The number of carbonyl (C=O) groups is 2. The van der Waals surface area contributed by atoms with Crippen molar-refractivity contribution in [3.63, 3.8) is 0 Å². The normalized spacial score (nSPS) is 17.6. The van der Waals surface area contributed by atoms with E-state index in [-0.39, 0.29) is 42.5 Å². The number of hydrogen-bond donors (Lipinski definition) is 2. The zero-order chi connectivity index (χ0) is 33.8. The summed E-state index contributed by atoms with van der Waals surface area (Å²) in [5.41, 5.74) is 1.42. The molecular weight excluding hydrogens is 650 g/mol. The van der Waals surface area contributed by atoms with Crippen LogP contribution in [0.2, 0.25) is 0 Å². The lowest BCUT2D eigenvalue weighted by atomic mass is 10.1. The lowest BCUT2D eigenvalue weighted by Crippen LogP contribution is -2.37. The first-order chi connectivity index (χ1) is 23.1. The highest BCUT2D eigenvalue weighted by Gasteiger charge is 2.35. The molecular formula is C32H38F2N6O7S. The van der Waals surface area contributed by atoms with Gasteiger partial charge in [-0.3, -0.25) is 9.69 Å². The van der Waals surface area contributed by atoms with Gasteiger partial charge in [-0.25, -0.2) is 22.0 Å². The summed E-state index contributed by atoms with van der Waals surface area (Å²) in [7, 11) is -3.18. The van der Waals surface area contributed by atoms with E-state index in [0.717, 1.165) is 53.6 Å². The Balaban J connectivity index is 1.27. The van der Waals surface area contributed by atoms with Gasteiger partial charge in [0.1, 0.15) is 24.0 Å². The third-order valence-corrected chi connectivity index (χ3v) is 10.6. The number of carbonyl (C=O) groups excluding carboxylic acids is 2. The lowest BCUT2D eigenvalue weighted by molar-refractivity contribution is 0.0904. The maximum Gasteiger partial charge on any atom is 0.434 e. The van der Waals surface area contributed by atoms with Crippen molar-refractivity contribution in [3.05, 3.63) is 64.9 Å². The number of sulfonamides is 1. The van der Waals surface area contributed by atoms with Gasteiger partial charge in [0.25, 0.3) is 5.91 Å². The van der Waals surface area contributed by atoms with E-state index < -0.39 is 38.6 Å². The summed E-state index contributed by atoms with van der Waals surface area (Å²) in [6.07, 6.45) is 3.06. The third-order valence-electron chi connectivity index (χ3n) is 8.77. The van der Waals surface area contributed by atoms with Crippen molar-refractivity contribution in [2.24, 2.45) is 0 Å². The van der Waals surface area contributed by atoms with E-state index in [1.807, 2.05) is 0 Å². The summed E-state index contributed by atoms with van der Waals surface area (Å²) in [6, 6.07) is 7.25. The largest absolute Gasteiger partial charge is 0.492 e. The number of halogens is 2. The van der Waals surface area contributed by atoms with Gasteiger partial charge in [-0.2, -0.15) is 8.99 Å². The highest BCUT2D eigenvalue weighted by Crippen LogP contribution is 2.32. The average Bonchev–Trinajstić information content (AvgIpc) is 3.72. The fraction of sp³-hybridized carbons (Fsp3) is 0.469. The minimum atomic E-state index is -4.35. The number of benzene rings is 2. The quantitative estimate of drug-likeness (QED) is 0.323. The minimum Gasteiger partial charge on any atom is -0.492 e. The molecule has 2 fully saturated rings. The van der Waals surface area contributed by atoms with Gasteiger partial charge in [0.15, 0.2) is 5.82 Å². The topological polar surface area (TPSA) is 144 Å². The van der Waals surface area contributed by atoms with E-state index in [4.69, 9.17) is 14.2 Å². The number of hydrogen-bond acceptors (Lipinski definition) is 10. The highest BCUT2D eigenvalue weighted by molar-refractivity contribution is 7.89. The molecule has 0 aliphatic carbocycles. The Morgan fingerprint density at radius 2 is 1.77 bits per heavy atom. The molecule has 258 valence electrons. The Hall–Kier alpha value is -4.12. The van der Waals surface area contributed by atoms with Crippen molar-refractivity contribution in [2.75, 3.05) is 63.7 Å². The fourth-order valence-electron chi connectivity index (χ4n) is 6.23. The summed E-state index contributed by atoms with van der Waals surface area (Å²) < 4.78 is 73.1. The van der Waals surface area contributed by atoms with Gasteiger partial charge in [0.05, 0.1) is 29.0 Å². The fourth-order valence-corrected chi connectivity index (χ4v) is 7.68. The first kappa shape index (κ1) is 33.8. The predicted molar refractivity (Wildman–Crippen MR) is 171 cm³/mol. The van der Waals surface area contributed by atoms with Crippen LogP contribution in [-0.4, -0.2) is 98.6 Å². The van der Waals surface area contributed by atoms with Gasteiger partial charge in [-0.1, -0.05) is 0 Å². The number of likely N-dealkylation sites (tertiary alicyclic amines) is 1. The number of amides is 1. The molecule has 6 rings (SSSR count). The SMILES string of the molecule is COC(=O)n1nc(NC(=O)c2ccc(OCCN3CCCC3)cc2NC2CCOCC2)c2c1CCN(S(=O)(=O)c1cc(F)cc(F)c1)C2. The van der Waals surface area contributed by atoms with Gasteiger partial charge in [0, 0.05) is 63.0 Å². The second-order valence-corrected chi connectivity index (χ2v) is 13.9. The number of fused-ring (bicyclic) bond motifs is 1. The maximum absolute atomic E-state index is 13.9. The Bertz CT molecular complexity index is 1750. The van der Waals surface area contributed by atoms with Crippen molar-refractivity contribution < 1.29 is 41.0 Å². The number of nitrogens with zero attached hydrogens (tertiary/aromatic N) is 4. The number of nitrogens with one attached hydrogen (secondary N) is 2. The van der Waals surface area contributed by atoms with Gasteiger partial charge in [-0.15, -0.1) is 5.10 Å². The summed E-state index contributed by atoms with van der Waals surface area (Å²) in [5.74, 6) is -2.08. The summed E-state index contributed by atoms with van der Waals surface area (Å²) >= 11 is 0. The molecule has 0 spiro atoms. The molecule has 13 nitrogen and oxygen atoms in total. The van der Waals surface area contributed by atoms with Crippen LogP contribution in [0.15, 0.2) is 41.3 Å². The van der Waals surface area contributed by atoms with Crippen LogP contribution in [0, 0.1) is 11.6 Å². The zero-order valence-electron chi connectivity index (χ0n) is 26.5. The van der Waals surface area contributed by atoms with Gasteiger partial charge < -0.3 is 24.8 Å². The molecule has 3 aromatic rings. The number of anilines is 2. The number of ether oxygens (including phenoxy) is 3. The zero-order valence-corrected chi connectivity index (χ0v) is 27.4. The molecule has 2 N–H and O–H groups in total. The molecule has 1 amide bonds. The maximum atomic E-state index is 13.9. The van der Waals surface area contributed by atoms with Crippen molar-refractivity contribution in [1.29, 1.82) is 0 Å². The summed E-state index contributed by atoms with van der Waals surface area (Å²) in [6.45, 7) is 4.17. The molecule has 0 unspecified atom stereocenters. The molecule has 0 atom stereocenters. The van der Waals surface area contributed by atoms with Crippen LogP contribution in [0.25, 0.3) is 0 Å². The first-order valence-corrected chi connectivity index (χ1v) is 17.4. The molecule has 1 aromatic heterocycles. The van der Waals surface area contributed by atoms with Crippen LogP contribution in [0.1, 0.15) is 47.3 Å². The number of aromatic nitrogens is 2. The Kier molecular flexibility index (Phi) is 10.2. The second kappa shape index (κ2) is 14.6. The monoisotopic (exact) mass is 688 g/mol. The summed E-state index contributed by atoms with van der Waals surface area (Å²) in [5, 5.41) is 10.5. The van der Waals surface area contributed by atoms with Crippen LogP contribution in [-0.2, 0) is 32.5 Å². The molecule has 0 saturated carbocycles. The predicted octanol–water partition coefficient (Wildman–Crippen LogP) is 3.84. The molecule has 4 heterocycles. The van der Waals surface area contributed by atoms with Crippen LogP contribution in [0.3, 0.4) is 0 Å². The van der Waals surface area contributed by atoms with Crippen molar-refractivity contribution in [1.82, 2.24) is 19.0 Å². The standard InChI is InChI=1S/C32H38F2N6O7S/c1-45-32(42)40-29-6-11-39(48(43,44)25-17-21(33)16-22(34)18-25)20-27(29)30(37-40)36-31(41)26-5-4-24(47-15-12-38-9-2-3-10-38)19-28(26)35-23-7-13-46-14-8-23/h4-5,16-19,23,35H,2-3,6-15,20H2,1H3,(H,36,37,41). The highest BCUT2D eigenvalue weighted by atomic mass is 32.2. The smallest absolute Gasteiger partial charge is 0.434 e.